The second-order valence-corrected chi connectivity index (χ2v) is 7.39. The van der Waals surface area contributed by atoms with Crippen molar-refractivity contribution >= 4 is 16.6 Å². The maximum atomic E-state index is 5.74. The number of ether oxygens (including phenoxy) is 1. The van der Waals surface area contributed by atoms with Gasteiger partial charge in [-0.1, -0.05) is 24.3 Å². The third kappa shape index (κ3) is 3.34. The number of fused-ring (bicyclic) bond motifs is 2. The third-order valence-electron chi connectivity index (χ3n) is 4.97. The molecule has 0 bridgehead atoms. The topological polar surface area (TPSA) is 39.4 Å². The van der Waals surface area contributed by atoms with Crippen LogP contribution in [0.3, 0.4) is 0 Å². The van der Waals surface area contributed by atoms with Gasteiger partial charge in [0, 0.05) is 23.3 Å². The predicted octanol–water partition coefficient (Wildman–Crippen LogP) is 6.00. The van der Waals surface area contributed by atoms with Crippen LogP contribution in [-0.2, 0) is 0 Å². The number of aromatic nitrogens is 3. The Labute approximate surface area is 169 Å². The van der Waals surface area contributed by atoms with Gasteiger partial charge in [-0.25, -0.2) is 4.98 Å². The molecular weight excluding hydrogens is 358 g/mol. The van der Waals surface area contributed by atoms with Crippen molar-refractivity contribution in [3.63, 3.8) is 0 Å². The summed E-state index contributed by atoms with van der Waals surface area (Å²) in [5.74, 6) is 0.888. The molecule has 0 atom stereocenters. The van der Waals surface area contributed by atoms with E-state index in [1.807, 2.05) is 44.4 Å². The molecule has 0 aliphatic heterocycles. The van der Waals surface area contributed by atoms with E-state index < -0.39 is 0 Å². The predicted molar refractivity (Wildman–Crippen MR) is 117 cm³/mol. The Morgan fingerprint density at radius 3 is 2.48 bits per heavy atom. The average molecular weight is 379 g/mol. The van der Waals surface area contributed by atoms with Gasteiger partial charge in [-0.05, 0) is 67.4 Å². The Morgan fingerprint density at radius 1 is 0.828 bits per heavy atom. The minimum atomic E-state index is 0.173. The summed E-state index contributed by atoms with van der Waals surface area (Å²) in [5.41, 5.74) is 6.39. The minimum Gasteiger partial charge on any atom is -0.491 e. The van der Waals surface area contributed by atoms with Crippen molar-refractivity contribution in [2.45, 2.75) is 20.0 Å². The molecule has 0 aliphatic rings. The molecular formula is C25H21N3O. The molecule has 0 saturated heterocycles. The lowest BCUT2D eigenvalue weighted by atomic mass is 10.1. The molecule has 2 aromatic carbocycles. The van der Waals surface area contributed by atoms with Gasteiger partial charge in [-0.15, -0.1) is 0 Å². The van der Waals surface area contributed by atoms with Crippen molar-refractivity contribution in [2.24, 2.45) is 0 Å². The van der Waals surface area contributed by atoms with Crippen LogP contribution in [0.5, 0.6) is 5.75 Å². The smallest absolute Gasteiger partial charge is 0.137 e. The molecule has 0 fully saturated rings. The zero-order valence-corrected chi connectivity index (χ0v) is 16.4. The second-order valence-electron chi connectivity index (χ2n) is 7.39. The van der Waals surface area contributed by atoms with E-state index in [4.69, 9.17) is 4.74 Å². The van der Waals surface area contributed by atoms with E-state index >= 15 is 0 Å². The number of nitrogens with zero attached hydrogens (tertiary/aromatic N) is 3. The lowest BCUT2D eigenvalue weighted by molar-refractivity contribution is 0.242. The van der Waals surface area contributed by atoms with Gasteiger partial charge in [0.2, 0.25) is 0 Å². The number of hydrogen-bond donors (Lipinski definition) is 0. The van der Waals surface area contributed by atoms with Crippen molar-refractivity contribution in [3.8, 4) is 28.1 Å². The Kier molecular flexibility index (Phi) is 4.24. The van der Waals surface area contributed by atoms with Gasteiger partial charge in [0.25, 0.3) is 0 Å². The molecule has 5 aromatic rings. The molecule has 3 heterocycles. The molecule has 0 unspecified atom stereocenters. The summed E-state index contributed by atoms with van der Waals surface area (Å²) < 4.78 is 7.86. The first-order valence-electron chi connectivity index (χ1n) is 9.77. The van der Waals surface area contributed by atoms with Crippen LogP contribution in [0.25, 0.3) is 38.9 Å². The summed E-state index contributed by atoms with van der Waals surface area (Å²) in [6, 6.07) is 22.8. The van der Waals surface area contributed by atoms with Crippen molar-refractivity contribution in [1.82, 2.24) is 14.4 Å². The SMILES string of the molecule is CC(C)Oc1ccc(-c2ccn3c(-c4ccc5ncccc5c4)cnc3c2)cc1. The van der Waals surface area contributed by atoms with Gasteiger partial charge in [0.1, 0.15) is 11.4 Å². The molecule has 29 heavy (non-hydrogen) atoms. The van der Waals surface area contributed by atoms with Crippen LogP contribution in [0.1, 0.15) is 13.8 Å². The van der Waals surface area contributed by atoms with E-state index in [2.05, 4.69) is 69.1 Å². The zero-order valence-electron chi connectivity index (χ0n) is 16.4. The van der Waals surface area contributed by atoms with Gasteiger partial charge < -0.3 is 4.74 Å². The van der Waals surface area contributed by atoms with Crippen LogP contribution in [0.2, 0.25) is 0 Å². The summed E-state index contributed by atoms with van der Waals surface area (Å²) >= 11 is 0. The third-order valence-corrected chi connectivity index (χ3v) is 4.97. The van der Waals surface area contributed by atoms with Gasteiger partial charge >= 0.3 is 0 Å². The number of pyridine rings is 2. The number of benzene rings is 2. The summed E-state index contributed by atoms with van der Waals surface area (Å²) in [6.45, 7) is 4.06. The molecule has 3 aromatic heterocycles. The Balaban J connectivity index is 1.51. The average Bonchev–Trinajstić information content (AvgIpc) is 3.17. The van der Waals surface area contributed by atoms with Gasteiger partial charge in [-0.2, -0.15) is 0 Å². The fraction of sp³-hybridized carbons (Fsp3) is 0.120. The first kappa shape index (κ1) is 17.4. The fourth-order valence-corrected chi connectivity index (χ4v) is 3.61. The van der Waals surface area contributed by atoms with Crippen molar-refractivity contribution in [1.29, 1.82) is 0 Å². The monoisotopic (exact) mass is 379 g/mol. The maximum Gasteiger partial charge on any atom is 0.137 e. The summed E-state index contributed by atoms with van der Waals surface area (Å²) in [4.78, 5) is 9.04. The maximum absolute atomic E-state index is 5.74. The summed E-state index contributed by atoms with van der Waals surface area (Å²) in [7, 11) is 0. The highest BCUT2D eigenvalue weighted by Gasteiger charge is 2.09. The standard InChI is InChI=1S/C25H21N3O/c1-17(2)29-22-8-5-18(6-9-22)19-11-13-28-24(16-27-25(28)15-19)21-7-10-23-20(14-21)4-3-12-26-23/h3-17H,1-2H3. The molecule has 0 amide bonds. The largest absolute Gasteiger partial charge is 0.491 e. The van der Waals surface area contributed by atoms with E-state index in [0.29, 0.717) is 0 Å². The van der Waals surface area contributed by atoms with E-state index in [1.165, 1.54) is 0 Å². The number of imidazole rings is 1. The molecule has 0 N–H and O–H groups in total. The highest BCUT2D eigenvalue weighted by Crippen LogP contribution is 2.28. The molecule has 0 radical (unpaired) electrons. The van der Waals surface area contributed by atoms with Crippen molar-refractivity contribution in [2.75, 3.05) is 0 Å². The minimum absolute atomic E-state index is 0.173. The van der Waals surface area contributed by atoms with Crippen molar-refractivity contribution in [3.05, 3.63) is 85.3 Å². The van der Waals surface area contributed by atoms with Crippen molar-refractivity contribution < 1.29 is 4.74 Å². The van der Waals surface area contributed by atoms with E-state index in [1.54, 1.807) is 0 Å². The number of hydrogen-bond acceptors (Lipinski definition) is 3. The van der Waals surface area contributed by atoms with Crippen LogP contribution in [-0.4, -0.2) is 20.5 Å². The Morgan fingerprint density at radius 2 is 1.66 bits per heavy atom. The van der Waals surface area contributed by atoms with Crippen LogP contribution in [0.4, 0.5) is 0 Å². The highest BCUT2D eigenvalue weighted by atomic mass is 16.5. The molecule has 0 spiro atoms. The highest BCUT2D eigenvalue weighted by molar-refractivity contribution is 5.84. The van der Waals surface area contributed by atoms with Gasteiger partial charge in [-0.3, -0.25) is 9.38 Å². The molecule has 0 aliphatic carbocycles. The lowest BCUT2D eigenvalue weighted by Crippen LogP contribution is -2.05. The van der Waals surface area contributed by atoms with E-state index in [0.717, 1.165) is 44.7 Å². The van der Waals surface area contributed by atoms with E-state index in [-0.39, 0.29) is 6.10 Å². The van der Waals surface area contributed by atoms with Gasteiger partial charge in [0.05, 0.1) is 23.5 Å². The molecule has 5 rings (SSSR count). The Bertz CT molecular complexity index is 1300. The first-order chi connectivity index (χ1) is 14.2. The van der Waals surface area contributed by atoms with Crippen LogP contribution >= 0.6 is 0 Å². The zero-order chi connectivity index (χ0) is 19.8. The fourth-order valence-electron chi connectivity index (χ4n) is 3.61. The normalized spacial score (nSPS) is 11.4. The lowest BCUT2D eigenvalue weighted by Gasteiger charge is -2.10. The quantitative estimate of drug-likeness (QED) is 0.384. The second kappa shape index (κ2) is 7.06. The van der Waals surface area contributed by atoms with Crippen LogP contribution < -0.4 is 4.74 Å². The molecule has 142 valence electrons. The summed E-state index contributed by atoms with van der Waals surface area (Å²) in [6.07, 6.45) is 6.00. The Hall–Kier alpha value is -3.66. The van der Waals surface area contributed by atoms with E-state index in [9.17, 15) is 0 Å². The van der Waals surface area contributed by atoms with Crippen LogP contribution in [0, 0.1) is 0 Å². The first-order valence-corrected chi connectivity index (χ1v) is 9.77. The molecule has 4 nitrogen and oxygen atoms in total. The van der Waals surface area contributed by atoms with Crippen LogP contribution in [0.15, 0.2) is 85.3 Å². The van der Waals surface area contributed by atoms with Gasteiger partial charge in [0.15, 0.2) is 0 Å². The number of rotatable bonds is 4. The molecule has 0 saturated carbocycles. The molecule has 4 heteroatoms. The summed E-state index contributed by atoms with van der Waals surface area (Å²) in [5, 5.41) is 1.13.